The van der Waals surface area contributed by atoms with Crippen molar-refractivity contribution in [1.82, 2.24) is 0 Å². The lowest BCUT2D eigenvalue weighted by atomic mass is 10.3. The molecule has 0 spiro atoms. The summed E-state index contributed by atoms with van der Waals surface area (Å²) in [6.07, 6.45) is 0.672. The van der Waals surface area contributed by atoms with Gasteiger partial charge in [-0.15, -0.1) is 0 Å². The Labute approximate surface area is 71.8 Å². The summed E-state index contributed by atoms with van der Waals surface area (Å²) in [5.74, 6) is -0.754. The van der Waals surface area contributed by atoms with E-state index in [1.807, 2.05) is 6.92 Å². The maximum Gasteiger partial charge on any atom is 0.313 e. The number of hydrogen-bond donors (Lipinski definition) is 0. The van der Waals surface area contributed by atoms with Crippen LogP contribution in [0, 0.1) is 0 Å². The standard InChI is InChI=1S/C8H14O4/c1-3-4-12-6-7(9)5-8(10)11-2/h3-6H2,1-2H3. The molecule has 0 aliphatic rings. The van der Waals surface area contributed by atoms with Crippen LogP contribution >= 0.6 is 0 Å². The molecule has 0 N–H and O–H groups in total. The van der Waals surface area contributed by atoms with Gasteiger partial charge < -0.3 is 9.47 Å². The maximum absolute atomic E-state index is 10.9. The van der Waals surface area contributed by atoms with E-state index in [9.17, 15) is 9.59 Å². The van der Waals surface area contributed by atoms with Crippen LogP contribution in [0.25, 0.3) is 0 Å². The van der Waals surface area contributed by atoms with Crippen LogP contribution in [0.4, 0.5) is 0 Å². The zero-order valence-electron chi connectivity index (χ0n) is 7.46. The first-order chi connectivity index (χ1) is 5.70. The molecule has 0 radical (unpaired) electrons. The lowest BCUT2D eigenvalue weighted by Gasteiger charge is -2.00. The van der Waals surface area contributed by atoms with E-state index in [1.165, 1.54) is 7.11 Å². The minimum Gasteiger partial charge on any atom is -0.469 e. The molecule has 0 atom stereocenters. The fourth-order valence-corrected chi connectivity index (χ4v) is 0.615. The number of carbonyl (C=O) groups is 2. The number of rotatable bonds is 6. The lowest BCUT2D eigenvalue weighted by Crippen LogP contribution is -2.14. The minimum absolute atomic E-state index is 0.00292. The zero-order valence-corrected chi connectivity index (χ0v) is 7.46. The van der Waals surface area contributed by atoms with Crippen LogP contribution < -0.4 is 0 Å². The molecule has 0 heterocycles. The largest absolute Gasteiger partial charge is 0.469 e. The Hall–Kier alpha value is -0.900. The summed E-state index contributed by atoms with van der Waals surface area (Å²) in [5, 5.41) is 0. The first-order valence-electron chi connectivity index (χ1n) is 3.87. The van der Waals surface area contributed by atoms with Gasteiger partial charge in [-0.3, -0.25) is 9.59 Å². The van der Waals surface area contributed by atoms with E-state index < -0.39 is 5.97 Å². The average Bonchev–Trinajstić information content (AvgIpc) is 2.05. The van der Waals surface area contributed by atoms with Gasteiger partial charge in [0.2, 0.25) is 0 Å². The van der Waals surface area contributed by atoms with Gasteiger partial charge in [0.25, 0.3) is 0 Å². The summed E-state index contributed by atoms with van der Waals surface area (Å²) in [4.78, 5) is 21.4. The topological polar surface area (TPSA) is 52.6 Å². The molecule has 0 aromatic heterocycles. The molecule has 0 rings (SSSR count). The Morgan fingerprint density at radius 2 is 2.00 bits per heavy atom. The van der Waals surface area contributed by atoms with Crippen LogP contribution in [0.1, 0.15) is 19.8 Å². The van der Waals surface area contributed by atoms with E-state index in [2.05, 4.69) is 4.74 Å². The molecule has 0 aromatic carbocycles. The summed E-state index contributed by atoms with van der Waals surface area (Å²) >= 11 is 0. The van der Waals surface area contributed by atoms with Crippen molar-refractivity contribution in [2.75, 3.05) is 20.3 Å². The summed E-state index contributed by atoms with van der Waals surface area (Å²) in [7, 11) is 1.25. The number of carbonyl (C=O) groups excluding carboxylic acids is 2. The van der Waals surface area contributed by atoms with Crippen molar-refractivity contribution in [3.8, 4) is 0 Å². The number of ether oxygens (including phenoxy) is 2. The molecule has 0 saturated heterocycles. The molecule has 0 unspecified atom stereocenters. The molecule has 70 valence electrons. The first kappa shape index (κ1) is 11.1. The SMILES string of the molecule is CCCOCC(=O)CC(=O)OC. The summed E-state index contributed by atoms with van der Waals surface area (Å²) in [6.45, 7) is 2.50. The highest BCUT2D eigenvalue weighted by molar-refractivity contribution is 5.96. The third kappa shape index (κ3) is 5.85. The lowest BCUT2D eigenvalue weighted by molar-refractivity contribution is -0.144. The van der Waals surface area contributed by atoms with Crippen molar-refractivity contribution in [1.29, 1.82) is 0 Å². The third-order valence-corrected chi connectivity index (χ3v) is 1.18. The Morgan fingerprint density at radius 3 is 2.50 bits per heavy atom. The highest BCUT2D eigenvalue weighted by atomic mass is 16.5. The number of methoxy groups -OCH3 is 1. The van der Waals surface area contributed by atoms with Crippen molar-refractivity contribution in [2.24, 2.45) is 0 Å². The van der Waals surface area contributed by atoms with Gasteiger partial charge >= 0.3 is 5.97 Å². The number of ketones is 1. The number of hydrogen-bond acceptors (Lipinski definition) is 4. The number of esters is 1. The van der Waals surface area contributed by atoms with Gasteiger partial charge in [0.05, 0.1) is 7.11 Å². The van der Waals surface area contributed by atoms with Gasteiger partial charge in [0.15, 0.2) is 5.78 Å². The number of Topliss-reactive ketones (excluding diaryl/α,β-unsaturated/α-hetero) is 1. The van der Waals surface area contributed by atoms with Crippen molar-refractivity contribution >= 4 is 11.8 Å². The molecule has 0 saturated carbocycles. The van der Waals surface area contributed by atoms with Crippen LogP contribution in [-0.4, -0.2) is 32.1 Å². The highest BCUT2D eigenvalue weighted by Gasteiger charge is 2.08. The fourth-order valence-electron chi connectivity index (χ4n) is 0.615. The van der Waals surface area contributed by atoms with Crippen LogP contribution in [0.2, 0.25) is 0 Å². The van der Waals surface area contributed by atoms with Crippen LogP contribution in [0.3, 0.4) is 0 Å². The average molecular weight is 174 g/mol. The molecule has 4 nitrogen and oxygen atoms in total. The summed E-state index contributed by atoms with van der Waals surface area (Å²) < 4.78 is 9.24. The predicted octanol–water partition coefficient (Wildman–Crippen LogP) is 0.545. The molecule has 0 fully saturated rings. The molecule has 0 bridgehead atoms. The van der Waals surface area contributed by atoms with E-state index in [1.54, 1.807) is 0 Å². The Balaban J connectivity index is 3.40. The minimum atomic E-state index is -0.514. The predicted molar refractivity (Wildman–Crippen MR) is 42.8 cm³/mol. The molecule has 0 aromatic rings. The van der Waals surface area contributed by atoms with E-state index >= 15 is 0 Å². The monoisotopic (exact) mass is 174 g/mol. The Bertz CT molecular complexity index is 153. The molecule has 12 heavy (non-hydrogen) atoms. The Kier molecular flexibility index (Phi) is 6.28. The maximum atomic E-state index is 10.9. The summed E-state index contributed by atoms with van der Waals surface area (Å²) in [6, 6.07) is 0. The normalized spacial score (nSPS) is 9.50. The van der Waals surface area contributed by atoms with Gasteiger partial charge in [0.1, 0.15) is 13.0 Å². The van der Waals surface area contributed by atoms with Crippen molar-refractivity contribution < 1.29 is 19.1 Å². The molecular formula is C8H14O4. The van der Waals surface area contributed by atoms with E-state index in [4.69, 9.17) is 4.74 Å². The molecule has 0 amide bonds. The van der Waals surface area contributed by atoms with E-state index in [-0.39, 0.29) is 18.8 Å². The van der Waals surface area contributed by atoms with Gasteiger partial charge in [-0.1, -0.05) is 6.92 Å². The molecule has 4 heteroatoms. The molecule has 0 aliphatic heterocycles. The van der Waals surface area contributed by atoms with E-state index in [0.29, 0.717) is 6.61 Å². The van der Waals surface area contributed by atoms with Crippen LogP contribution in [0.15, 0.2) is 0 Å². The van der Waals surface area contributed by atoms with Gasteiger partial charge in [-0.25, -0.2) is 0 Å². The van der Waals surface area contributed by atoms with Gasteiger partial charge in [-0.2, -0.15) is 0 Å². The molecular weight excluding hydrogens is 160 g/mol. The van der Waals surface area contributed by atoms with Crippen molar-refractivity contribution in [3.05, 3.63) is 0 Å². The molecule has 0 aliphatic carbocycles. The van der Waals surface area contributed by atoms with E-state index in [0.717, 1.165) is 6.42 Å². The second kappa shape index (κ2) is 6.79. The van der Waals surface area contributed by atoms with Gasteiger partial charge in [0, 0.05) is 6.61 Å². The van der Waals surface area contributed by atoms with Crippen LogP contribution in [0.5, 0.6) is 0 Å². The van der Waals surface area contributed by atoms with Crippen molar-refractivity contribution in [3.63, 3.8) is 0 Å². The van der Waals surface area contributed by atoms with Crippen molar-refractivity contribution in [2.45, 2.75) is 19.8 Å². The zero-order chi connectivity index (χ0) is 9.40. The van der Waals surface area contributed by atoms with Crippen LogP contribution in [-0.2, 0) is 19.1 Å². The second-order valence-corrected chi connectivity index (χ2v) is 2.34. The third-order valence-electron chi connectivity index (χ3n) is 1.18. The smallest absolute Gasteiger partial charge is 0.313 e. The fraction of sp³-hybridized carbons (Fsp3) is 0.750. The van der Waals surface area contributed by atoms with Gasteiger partial charge in [-0.05, 0) is 6.42 Å². The Morgan fingerprint density at radius 1 is 1.33 bits per heavy atom. The first-order valence-corrected chi connectivity index (χ1v) is 3.87. The summed E-state index contributed by atoms with van der Waals surface area (Å²) in [5.41, 5.74) is 0. The highest BCUT2D eigenvalue weighted by Crippen LogP contribution is 1.89. The second-order valence-electron chi connectivity index (χ2n) is 2.34. The quantitative estimate of drug-likeness (QED) is 0.335.